The lowest BCUT2D eigenvalue weighted by Gasteiger charge is -2.44. The van der Waals surface area contributed by atoms with E-state index < -0.39 is 26.8 Å². The molecule has 1 unspecified atom stereocenters. The molecule has 2 aromatic heterocycles. The van der Waals surface area contributed by atoms with Gasteiger partial charge >= 0.3 is 11.9 Å². The van der Waals surface area contributed by atoms with Gasteiger partial charge in [0, 0.05) is 59.8 Å². The summed E-state index contributed by atoms with van der Waals surface area (Å²) in [7, 11) is -1.23. The zero-order chi connectivity index (χ0) is 27.4. The molecular weight excluding hydrogens is 583 g/mol. The number of nitrogens with zero attached hydrogens (tertiary/aromatic N) is 5. The van der Waals surface area contributed by atoms with Crippen molar-refractivity contribution in [2.45, 2.75) is 49.5 Å². The first-order chi connectivity index (χ1) is 18.0. The molecule has 2 aliphatic rings. The van der Waals surface area contributed by atoms with E-state index in [-0.39, 0.29) is 41.7 Å². The van der Waals surface area contributed by atoms with Gasteiger partial charge in [-0.15, -0.1) is 0 Å². The number of amides is 1. The molecule has 1 aromatic carbocycles. The predicted molar refractivity (Wildman–Crippen MR) is 147 cm³/mol. The third-order valence-corrected chi connectivity index (χ3v) is 10.8. The highest BCUT2D eigenvalue weighted by molar-refractivity contribution is 9.54. The number of thiol groups is 1. The molecule has 4 heterocycles. The Kier molecular flexibility index (Phi) is 7.06. The number of halogens is 4. The summed E-state index contributed by atoms with van der Waals surface area (Å²) in [5.41, 5.74) is -0.0485. The van der Waals surface area contributed by atoms with Crippen molar-refractivity contribution in [2.24, 2.45) is 0 Å². The minimum absolute atomic E-state index is 0.175. The molecule has 38 heavy (non-hydrogen) atoms. The molecule has 2 aliphatic heterocycles. The van der Waals surface area contributed by atoms with Crippen LogP contribution in [-0.4, -0.2) is 56.3 Å². The first-order valence-corrected chi connectivity index (χ1v) is 15.7. The highest BCUT2D eigenvalue weighted by Gasteiger charge is 2.37. The van der Waals surface area contributed by atoms with Crippen molar-refractivity contribution >= 4 is 46.8 Å². The molecule has 202 valence electrons. The number of pyridine rings is 1. The molecular formula is C26H27BrF3N5O2S. The van der Waals surface area contributed by atoms with E-state index in [1.54, 1.807) is 17.2 Å². The standard InChI is InChI=1S/C26H27BrF3N5O2S/c1-4-22(36)35-15(2)11-33(12-16(35)3)24-19-9-18(26(28,29)30)10-21-23(19)34(25(37)32-24)13-17(14-38(21)27)20-7-5-6-8-31-20/h4-10,15-17,38H,1,11-14H2,2-3H3/t15-,16+,17-/m0/s1. The number of carbonyl (C=O) groups excluding carboxylic acids is 1. The third-order valence-electron chi connectivity index (χ3n) is 7.16. The van der Waals surface area contributed by atoms with E-state index in [1.165, 1.54) is 10.6 Å². The second-order valence-corrected chi connectivity index (χ2v) is 13.9. The summed E-state index contributed by atoms with van der Waals surface area (Å²) in [5, 5.41) is 0.283. The minimum Gasteiger partial charge on any atom is -0.352 e. The molecule has 1 fully saturated rings. The normalized spacial score (nSPS) is 24.8. The molecule has 5 rings (SSSR count). The summed E-state index contributed by atoms with van der Waals surface area (Å²) < 4.78 is 43.8. The van der Waals surface area contributed by atoms with Gasteiger partial charge in [0.15, 0.2) is 0 Å². The van der Waals surface area contributed by atoms with Crippen molar-refractivity contribution in [1.82, 2.24) is 19.4 Å². The van der Waals surface area contributed by atoms with Crippen molar-refractivity contribution in [3.63, 3.8) is 0 Å². The smallest absolute Gasteiger partial charge is 0.352 e. The van der Waals surface area contributed by atoms with Crippen molar-refractivity contribution < 1.29 is 18.0 Å². The molecule has 0 radical (unpaired) electrons. The lowest BCUT2D eigenvalue weighted by atomic mass is 10.0. The fourth-order valence-electron chi connectivity index (χ4n) is 5.55. The van der Waals surface area contributed by atoms with Crippen LogP contribution in [0.15, 0.2) is 58.9 Å². The zero-order valence-electron chi connectivity index (χ0n) is 20.8. The Balaban J connectivity index is 1.70. The Bertz CT molecular complexity index is 1450. The summed E-state index contributed by atoms with van der Waals surface area (Å²) in [6.07, 6.45) is -1.65. The van der Waals surface area contributed by atoms with Crippen molar-refractivity contribution in [2.75, 3.05) is 23.7 Å². The van der Waals surface area contributed by atoms with E-state index in [0.29, 0.717) is 29.3 Å². The van der Waals surface area contributed by atoms with Crippen molar-refractivity contribution in [1.29, 1.82) is 0 Å². The van der Waals surface area contributed by atoms with Crippen molar-refractivity contribution in [3.05, 3.63) is 70.9 Å². The fraction of sp³-hybridized carbons (Fsp3) is 0.385. The van der Waals surface area contributed by atoms with Gasteiger partial charge in [-0.3, -0.25) is 14.3 Å². The van der Waals surface area contributed by atoms with Crippen molar-refractivity contribution in [3.8, 4) is 0 Å². The highest BCUT2D eigenvalue weighted by Crippen LogP contribution is 2.53. The van der Waals surface area contributed by atoms with Gasteiger partial charge < -0.3 is 9.80 Å². The molecule has 7 nitrogen and oxygen atoms in total. The number of alkyl halides is 3. The molecule has 4 atom stereocenters. The van der Waals surface area contributed by atoms with Crippen LogP contribution in [0.5, 0.6) is 0 Å². The number of piperazine rings is 1. The maximum absolute atomic E-state index is 14.1. The van der Waals surface area contributed by atoms with Crippen LogP contribution in [0.2, 0.25) is 0 Å². The maximum atomic E-state index is 14.1. The van der Waals surface area contributed by atoms with E-state index in [2.05, 4.69) is 31.4 Å². The Morgan fingerprint density at radius 1 is 1.18 bits per heavy atom. The molecule has 3 aromatic rings. The Labute approximate surface area is 227 Å². The van der Waals surface area contributed by atoms with Crippen LogP contribution in [0.25, 0.3) is 10.9 Å². The molecule has 0 N–H and O–H groups in total. The summed E-state index contributed by atoms with van der Waals surface area (Å²) >= 11 is 3.70. The van der Waals surface area contributed by atoms with Gasteiger partial charge in [0.25, 0.3) is 0 Å². The molecule has 0 saturated carbocycles. The largest absolute Gasteiger partial charge is 0.416 e. The second kappa shape index (κ2) is 10.0. The fourth-order valence-corrected chi connectivity index (χ4v) is 9.05. The third kappa shape index (κ3) is 4.72. The van der Waals surface area contributed by atoms with Crippen LogP contribution < -0.4 is 10.6 Å². The highest BCUT2D eigenvalue weighted by atomic mass is 79.9. The maximum Gasteiger partial charge on any atom is 0.416 e. The summed E-state index contributed by atoms with van der Waals surface area (Å²) in [6.45, 7) is 8.20. The Morgan fingerprint density at radius 3 is 2.50 bits per heavy atom. The number of benzene rings is 1. The molecule has 0 aliphatic carbocycles. The van der Waals surface area contributed by atoms with E-state index in [1.807, 2.05) is 30.9 Å². The van der Waals surface area contributed by atoms with Gasteiger partial charge in [0.2, 0.25) is 5.91 Å². The zero-order valence-corrected chi connectivity index (χ0v) is 23.3. The molecule has 12 heteroatoms. The quantitative estimate of drug-likeness (QED) is 0.338. The number of hydrogen-bond donors (Lipinski definition) is 1. The van der Waals surface area contributed by atoms with Gasteiger partial charge in [0.05, 0.1) is 11.1 Å². The van der Waals surface area contributed by atoms with Crippen LogP contribution in [-0.2, 0) is 17.5 Å². The molecule has 0 bridgehead atoms. The van der Waals surface area contributed by atoms with Crippen LogP contribution >= 0.6 is 24.1 Å². The monoisotopic (exact) mass is 609 g/mol. The Hall–Kier alpha value is -2.86. The minimum atomic E-state index is -4.57. The average Bonchev–Trinajstić information content (AvgIpc) is 3.02. The van der Waals surface area contributed by atoms with Gasteiger partial charge in [-0.1, -0.05) is 12.6 Å². The van der Waals surface area contributed by atoms with Crippen LogP contribution in [0.1, 0.15) is 31.0 Å². The first-order valence-electron chi connectivity index (χ1n) is 12.2. The number of carbonyl (C=O) groups is 1. The second-order valence-electron chi connectivity index (χ2n) is 9.77. The van der Waals surface area contributed by atoms with E-state index in [0.717, 1.165) is 17.8 Å². The number of aromatic nitrogens is 3. The van der Waals surface area contributed by atoms with E-state index in [9.17, 15) is 22.8 Å². The van der Waals surface area contributed by atoms with Gasteiger partial charge in [-0.05, 0) is 64.8 Å². The van der Waals surface area contributed by atoms with Crippen LogP contribution in [0.3, 0.4) is 0 Å². The molecule has 0 spiro atoms. The topological polar surface area (TPSA) is 71.3 Å². The lowest BCUT2D eigenvalue weighted by Crippen LogP contribution is -2.58. The molecule has 1 amide bonds. The first kappa shape index (κ1) is 26.7. The SMILES string of the molecule is C=CC(=O)N1[C@H](C)CN(c2nc(=O)n3c4c(cc(C(F)(F)F)cc24)[SH](Br)C[C@@H](c2ccccn2)C3)C[C@@H]1C. The lowest BCUT2D eigenvalue weighted by molar-refractivity contribution is -0.137. The average molecular weight is 610 g/mol. The van der Waals surface area contributed by atoms with Gasteiger partial charge in [0.1, 0.15) is 5.82 Å². The van der Waals surface area contributed by atoms with Gasteiger partial charge in [-0.25, -0.2) is 4.79 Å². The van der Waals surface area contributed by atoms with E-state index in [4.69, 9.17) is 0 Å². The number of rotatable bonds is 3. The Morgan fingerprint density at radius 2 is 1.89 bits per heavy atom. The predicted octanol–water partition coefficient (Wildman–Crippen LogP) is 4.89. The summed E-state index contributed by atoms with van der Waals surface area (Å²) in [5.74, 6) is 0.349. The van der Waals surface area contributed by atoms with Crippen LogP contribution in [0.4, 0.5) is 19.0 Å². The van der Waals surface area contributed by atoms with E-state index >= 15 is 0 Å². The van der Waals surface area contributed by atoms with Crippen LogP contribution in [0, 0.1) is 0 Å². The van der Waals surface area contributed by atoms with Gasteiger partial charge in [-0.2, -0.15) is 27.5 Å². The molecule has 1 saturated heterocycles. The summed E-state index contributed by atoms with van der Waals surface area (Å²) in [4.78, 5) is 38.7. The summed E-state index contributed by atoms with van der Waals surface area (Å²) in [6, 6.07) is 7.27. The number of anilines is 1. The number of hydrogen-bond acceptors (Lipinski definition) is 5.